The minimum atomic E-state index is -0.789. The minimum absolute atomic E-state index is 0.207. The lowest BCUT2D eigenvalue weighted by atomic mass is 9.84. The maximum absolute atomic E-state index is 13.6. The summed E-state index contributed by atoms with van der Waals surface area (Å²) in [5.41, 5.74) is 6.51. The number of rotatable bonds is 2. The van der Waals surface area contributed by atoms with Crippen LogP contribution in [0.15, 0.2) is 18.2 Å². The van der Waals surface area contributed by atoms with Gasteiger partial charge in [-0.1, -0.05) is 26.0 Å². The Labute approximate surface area is 101 Å². The molecule has 2 N–H and O–H groups in total. The largest absolute Gasteiger partial charge is 0.325 e. The third kappa shape index (κ3) is 2.65. The molecular formula is C14H19F2N. The van der Waals surface area contributed by atoms with Crippen LogP contribution in [0.1, 0.15) is 38.7 Å². The van der Waals surface area contributed by atoms with Crippen molar-refractivity contribution < 1.29 is 8.78 Å². The fourth-order valence-corrected chi connectivity index (χ4v) is 2.93. The second-order valence-electron chi connectivity index (χ2n) is 6.09. The van der Waals surface area contributed by atoms with E-state index in [-0.39, 0.29) is 5.41 Å². The molecule has 0 spiro atoms. The van der Waals surface area contributed by atoms with E-state index in [9.17, 15) is 8.78 Å². The predicted molar refractivity (Wildman–Crippen MR) is 64.6 cm³/mol. The molecule has 1 aromatic carbocycles. The lowest BCUT2D eigenvalue weighted by Gasteiger charge is -2.26. The Morgan fingerprint density at radius 2 is 1.94 bits per heavy atom. The van der Waals surface area contributed by atoms with Crippen molar-refractivity contribution in [2.75, 3.05) is 0 Å². The second kappa shape index (κ2) is 4.05. The van der Waals surface area contributed by atoms with Crippen LogP contribution in [0.2, 0.25) is 0 Å². The third-order valence-electron chi connectivity index (χ3n) is 3.70. The van der Waals surface area contributed by atoms with E-state index in [4.69, 9.17) is 5.73 Å². The molecule has 1 aliphatic rings. The van der Waals surface area contributed by atoms with Gasteiger partial charge in [-0.25, -0.2) is 8.78 Å². The van der Waals surface area contributed by atoms with Crippen LogP contribution in [-0.4, -0.2) is 5.54 Å². The van der Waals surface area contributed by atoms with Crippen LogP contribution in [0.25, 0.3) is 0 Å². The van der Waals surface area contributed by atoms with Crippen molar-refractivity contribution in [3.63, 3.8) is 0 Å². The Kier molecular flexibility index (Phi) is 2.98. The first-order valence-electron chi connectivity index (χ1n) is 6.03. The molecule has 0 aliphatic heterocycles. The standard InChI is InChI=1S/C14H19F2N/c1-13(2)6-7-14(17,9-13)8-10-4-3-5-11(15)12(10)16/h3-5H,6-9,17H2,1-2H3. The Hall–Kier alpha value is -0.960. The van der Waals surface area contributed by atoms with E-state index in [1.807, 2.05) is 0 Å². The summed E-state index contributed by atoms with van der Waals surface area (Å²) in [7, 11) is 0. The summed E-state index contributed by atoms with van der Waals surface area (Å²) in [6.45, 7) is 4.34. The molecule has 3 heteroatoms. The van der Waals surface area contributed by atoms with Gasteiger partial charge in [0.1, 0.15) is 0 Å². The van der Waals surface area contributed by atoms with Gasteiger partial charge in [0.2, 0.25) is 0 Å². The fourth-order valence-electron chi connectivity index (χ4n) is 2.93. The maximum atomic E-state index is 13.6. The average Bonchev–Trinajstić information content (AvgIpc) is 2.49. The third-order valence-corrected chi connectivity index (χ3v) is 3.70. The van der Waals surface area contributed by atoms with Crippen molar-refractivity contribution in [3.8, 4) is 0 Å². The molecule has 1 saturated carbocycles. The fraction of sp³-hybridized carbons (Fsp3) is 0.571. The maximum Gasteiger partial charge on any atom is 0.162 e. The molecule has 1 fully saturated rings. The number of hydrogen-bond donors (Lipinski definition) is 1. The van der Waals surface area contributed by atoms with E-state index in [0.29, 0.717) is 12.0 Å². The Bertz CT molecular complexity index is 428. The minimum Gasteiger partial charge on any atom is -0.325 e. The Morgan fingerprint density at radius 3 is 2.53 bits per heavy atom. The van der Waals surface area contributed by atoms with E-state index >= 15 is 0 Å². The summed E-state index contributed by atoms with van der Waals surface area (Å²) in [5, 5.41) is 0. The predicted octanol–water partition coefficient (Wildman–Crippen LogP) is 3.41. The number of halogens is 2. The highest BCUT2D eigenvalue weighted by molar-refractivity contribution is 5.22. The van der Waals surface area contributed by atoms with Crippen molar-refractivity contribution in [1.29, 1.82) is 0 Å². The van der Waals surface area contributed by atoms with Crippen molar-refractivity contribution >= 4 is 0 Å². The van der Waals surface area contributed by atoms with Gasteiger partial charge >= 0.3 is 0 Å². The molecule has 0 aromatic heterocycles. The molecule has 0 heterocycles. The first-order valence-corrected chi connectivity index (χ1v) is 6.03. The van der Waals surface area contributed by atoms with Crippen LogP contribution in [0.5, 0.6) is 0 Å². The van der Waals surface area contributed by atoms with Crippen molar-refractivity contribution in [1.82, 2.24) is 0 Å². The molecule has 1 unspecified atom stereocenters. The van der Waals surface area contributed by atoms with Gasteiger partial charge in [-0.15, -0.1) is 0 Å². The molecule has 17 heavy (non-hydrogen) atoms. The average molecular weight is 239 g/mol. The summed E-state index contributed by atoms with van der Waals surface area (Å²) in [5.74, 6) is -1.54. The van der Waals surface area contributed by atoms with Crippen LogP contribution in [0.4, 0.5) is 8.78 Å². The molecule has 1 aliphatic carbocycles. The molecule has 1 nitrogen and oxygen atoms in total. The number of hydrogen-bond acceptors (Lipinski definition) is 1. The zero-order valence-corrected chi connectivity index (χ0v) is 10.4. The lowest BCUT2D eigenvalue weighted by Crippen LogP contribution is -2.40. The number of benzene rings is 1. The Balaban J connectivity index is 2.19. The molecular weight excluding hydrogens is 220 g/mol. The second-order valence-corrected chi connectivity index (χ2v) is 6.09. The Morgan fingerprint density at radius 1 is 1.24 bits per heavy atom. The van der Waals surface area contributed by atoms with Crippen molar-refractivity contribution in [2.24, 2.45) is 11.1 Å². The van der Waals surface area contributed by atoms with Gasteiger partial charge < -0.3 is 5.73 Å². The van der Waals surface area contributed by atoms with E-state index in [2.05, 4.69) is 13.8 Å². The van der Waals surface area contributed by atoms with Gasteiger partial charge in [0.15, 0.2) is 11.6 Å². The zero-order chi connectivity index (χ0) is 12.7. The molecule has 1 aromatic rings. The summed E-state index contributed by atoms with van der Waals surface area (Å²) < 4.78 is 26.7. The van der Waals surface area contributed by atoms with Gasteiger partial charge in [-0.05, 0) is 42.7 Å². The van der Waals surface area contributed by atoms with Gasteiger partial charge in [-0.2, -0.15) is 0 Å². The molecule has 94 valence electrons. The smallest absolute Gasteiger partial charge is 0.162 e. The van der Waals surface area contributed by atoms with Gasteiger partial charge in [0.05, 0.1) is 0 Å². The van der Waals surface area contributed by atoms with E-state index in [0.717, 1.165) is 25.3 Å². The monoisotopic (exact) mass is 239 g/mol. The van der Waals surface area contributed by atoms with Gasteiger partial charge in [0, 0.05) is 5.54 Å². The van der Waals surface area contributed by atoms with Gasteiger partial charge in [-0.3, -0.25) is 0 Å². The van der Waals surface area contributed by atoms with Crippen LogP contribution in [-0.2, 0) is 6.42 Å². The molecule has 0 saturated heterocycles. The topological polar surface area (TPSA) is 26.0 Å². The summed E-state index contributed by atoms with van der Waals surface area (Å²) >= 11 is 0. The summed E-state index contributed by atoms with van der Waals surface area (Å²) in [4.78, 5) is 0. The quantitative estimate of drug-likeness (QED) is 0.840. The number of nitrogens with two attached hydrogens (primary N) is 1. The first kappa shape index (κ1) is 12.5. The summed E-state index contributed by atoms with van der Waals surface area (Å²) in [6, 6.07) is 4.30. The highest BCUT2D eigenvalue weighted by Crippen LogP contribution is 2.43. The molecule has 0 amide bonds. The highest BCUT2D eigenvalue weighted by atomic mass is 19.2. The van der Waals surface area contributed by atoms with Crippen LogP contribution in [0, 0.1) is 17.0 Å². The van der Waals surface area contributed by atoms with Crippen LogP contribution in [0.3, 0.4) is 0 Å². The van der Waals surface area contributed by atoms with E-state index in [1.54, 1.807) is 6.07 Å². The first-order chi connectivity index (χ1) is 7.81. The lowest BCUT2D eigenvalue weighted by molar-refractivity contribution is 0.331. The SMILES string of the molecule is CC1(C)CCC(N)(Cc2cccc(F)c2F)C1. The van der Waals surface area contributed by atoms with E-state index < -0.39 is 17.2 Å². The zero-order valence-electron chi connectivity index (χ0n) is 10.4. The molecule has 0 bridgehead atoms. The normalized spacial score (nSPS) is 27.4. The molecule has 0 radical (unpaired) electrons. The van der Waals surface area contributed by atoms with E-state index in [1.165, 1.54) is 6.07 Å². The van der Waals surface area contributed by atoms with Crippen molar-refractivity contribution in [3.05, 3.63) is 35.4 Å². The summed E-state index contributed by atoms with van der Waals surface area (Å²) in [6.07, 6.45) is 3.19. The highest BCUT2D eigenvalue weighted by Gasteiger charge is 2.40. The van der Waals surface area contributed by atoms with Gasteiger partial charge in [0.25, 0.3) is 0 Å². The van der Waals surface area contributed by atoms with Crippen LogP contribution < -0.4 is 5.73 Å². The molecule has 2 rings (SSSR count). The van der Waals surface area contributed by atoms with Crippen LogP contribution >= 0.6 is 0 Å². The molecule has 1 atom stereocenters. The van der Waals surface area contributed by atoms with Crippen molar-refractivity contribution in [2.45, 2.75) is 45.1 Å².